The Kier molecular flexibility index (Phi) is 6.84. The van der Waals surface area contributed by atoms with Crippen molar-refractivity contribution in [1.29, 1.82) is 0 Å². The van der Waals surface area contributed by atoms with Crippen molar-refractivity contribution in [2.45, 2.75) is 45.6 Å². The molecule has 3 N–H and O–H groups in total. The van der Waals surface area contributed by atoms with Gasteiger partial charge >= 0.3 is 6.03 Å². The first-order valence-electron chi connectivity index (χ1n) is 8.64. The van der Waals surface area contributed by atoms with Crippen LogP contribution in [-0.2, 0) is 4.79 Å². The number of carbonyl (C=O) groups is 2. The van der Waals surface area contributed by atoms with Crippen LogP contribution in [-0.4, -0.2) is 42.6 Å². The minimum absolute atomic E-state index is 0.0521. The van der Waals surface area contributed by atoms with Gasteiger partial charge in [0, 0.05) is 38.3 Å². The fraction of sp³-hybridized carbons (Fsp3) is 0.588. The number of anilines is 2. The fourth-order valence-electron chi connectivity index (χ4n) is 2.58. The molecule has 0 spiro atoms. The van der Waals surface area contributed by atoms with Crippen LogP contribution >= 0.6 is 0 Å². The van der Waals surface area contributed by atoms with Gasteiger partial charge in [0.1, 0.15) is 0 Å². The topological polar surface area (TPSA) is 86.4 Å². The van der Waals surface area contributed by atoms with E-state index in [2.05, 4.69) is 25.8 Å². The summed E-state index contributed by atoms with van der Waals surface area (Å²) in [4.78, 5) is 30.3. The van der Waals surface area contributed by atoms with Crippen molar-refractivity contribution in [3.8, 4) is 0 Å². The van der Waals surface area contributed by atoms with E-state index in [0.717, 1.165) is 38.2 Å². The third-order valence-corrected chi connectivity index (χ3v) is 4.10. The molecule has 2 rings (SSSR count). The molecule has 0 aliphatic carbocycles. The van der Waals surface area contributed by atoms with Gasteiger partial charge in [0.05, 0.1) is 5.69 Å². The first-order chi connectivity index (χ1) is 11.6. The first-order valence-corrected chi connectivity index (χ1v) is 8.64. The van der Waals surface area contributed by atoms with Crippen LogP contribution in [0.15, 0.2) is 18.3 Å². The highest BCUT2D eigenvalue weighted by Crippen LogP contribution is 2.25. The fourth-order valence-corrected chi connectivity index (χ4v) is 2.58. The van der Waals surface area contributed by atoms with E-state index in [1.165, 1.54) is 0 Å². The lowest BCUT2D eigenvalue weighted by Crippen LogP contribution is -2.36. The SMILES string of the molecule is CCC(C)NC(=O)CCNC(=O)Nc1cccnc1N1CCCC1. The third kappa shape index (κ3) is 5.40. The van der Waals surface area contributed by atoms with Crippen LogP contribution in [0.3, 0.4) is 0 Å². The lowest BCUT2D eigenvalue weighted by molar-refractivity contribution is -0.121. The zero-order valence-electron chi connectivity index (χ0n) is 14.5. The minimum atomic E-state index is -0.320. The van der Waals surface area contributed by atoms with Gasteiger partial charge in [-0.15, -0.1) is 0 Å². The summed E-state index contributed by atoms with van der Waals surface area (Å²) in [7, 11) is 0. The van der Waals surface area contributed by atoms with Gasteiger partial charge in [0.2, 0.25) is 5.91 Å². The number of urea groups is 1. The van der Waals surface area contributed by atoms with Crippen LogP contribution in [0.1, 0.15) is 39.5 Å². The van der Waals surface area contributed by atoms with E-state index in [1.54, 1.807) is 12.3 Å². The molecule has 1 aliphatic heterocycles. The molecular formula is C17H27N5O2. The predicted octanol–water partition coefficient (Wildman–Crippen LogP) is 2.11. The summed E-state index contributed by atoms with van der Waals surface area (Å²) in [6.45, 7) is 6.20. The second-order valence-electron chi connectivity index (χ2n) is 6.08. The number of nitrogens with one attached hydrogen (secondary N) is 3. The van der Waals surface area contributed by atoms with Gasteiger partial charge in [0.25, 0.3) is 0 Å². The molecule has 0 aromatic carbocycles. The standard InChI is InChI=1S/C17H27N5O2/c1-3-13(2)20-15(23)8-10-19-17(24)21-14-7-6-9-18-16(14)22-11-4-5-12-22/h6-7,9,13H,3-5,8,10-12H2,1-2H3,(H,20,23)(H2,19,21,24). The number of hydrogen-bond acceptors (Lipinski definition) is 4. The molecule has 1 unspecified atom stereocenters. The maximum atomic E-state index is 12.0. The molecule has 1 atom stereocenters. The number of pyridine rings is 1. The average Bonchev–Trinajstić information content (AvgIpc) is 3.09. The zero-order chi connectivity index (χ0) is 17.4. The maximum absolute atomic E-state index is 12.0. The van der Waals surface area contributed by atoms with Crippen LogP contribution in [0, 0.1) is 0 Å². The summed E-state index contributed by atoms with van der Waals surface area (Å²) in [5, 5.41) is 8.41. The van der Waals surface area contributed by atoms with E-state index in [1.807, 2.05) is 19.9 Å². The maximum Gasteiger partial charge on any atom is 0.319 e. The van der Waals surface area contributed by atoms with Gasteiger partial charge in [-0.3, -0.25) is 4.79 Å². The summed E-state index contributed by atoms with van der Waals surface area (Å²) in [6, 6.07) is 3.48. The van der Waals surface area contributed by atoms with E-state index in [-0.39, 0.29) is 24.4 Å². The smallest absolute Gasteiger partial charge is 0.319 e. The molecule has 7 heteroatoms. The van der Waals surface area contributed by atoms with Crippen molar-refractivity contribution in [1.82, 2.24) is 15.6 Å². The monoisotopic (exact) mass is 333 g/mol. The Bertz CT molecular complexity index is 558. The Morgan fingerprint density at radius 3 is 2.79 bits per heavy atom. The lowest BCUT2D eigenvalue weighted by atomic mass is 10.2. The van der Waals surface area contributed by atoms with E-state index in [0.29, 0.717) is 12.2 Å². The molecule has 3 amide bonds. The summed E-state index contributed by atoms with van der Waals surface area (Å²) in [5.41, 5.74) is 0.695. The number of amides is 3. The molecule has 132 valence electrons. The summed E-state index contributed by atoms with van der Waals surface area (Å²) in [6.07, 6.45) is 5.18. The van der Waals surface area contributed by atoms with Crippen molar-refractivity contribution in [3.05, 3.63) is 18.3 Å². The van der Waals surface area contributed by atoms with Crippen molar-refractivity contribution in [3.63, 3.8) is 0 Å². The Labute approximate surface area is 143 Å². The van der Waals surface area contributed by atoms with Gasteiger partial charge in [-0.2, -0.15) is 0 Å². The quantitative estimate of drug-likeness (QED) is 0.713. The number of rotatable bonds is 7. The molecule has 2 heterocycles. The first kappa shape index (κ1) is 18.0. The van der Waals surface area contributed by atoms with Crippen molar-refractivity contribution < 1.29 is 9.59 Å². The Morgan fingerprint density at radius 2 is 2.08 bits per heavy atom. The molecule has 1 saturated heterocycles. The molecule has 7 nitrogen and oxygen atoms in total. The third-order valence-electron chi connectivity index (χ3n) is 4.10. The van der Waals surface area contributed by atoms with Gasteiger partial charge in [-0.1, -0.05) is 6.92 Å². The molecule has 1 fully saturated rings. The second-order valence-corrected chi connectivity index (χ2v) is 6.08. The average molecular weight is 333 g/mol. The van der Waals surface area contributed by atoms with Gasteiger partial charge in [-0.05, 0) is 38.3 Å². The van der Waals surface area contributed by atoms with Gasteiger partial charge in [-0.25, -0.2) is 9.78 Å². The number of aromatic nitrogens is 1. The highest BCUT2D eigenvalue weighted by molar-refractivity contribution is 5.92. The minimum Gasteiger partial charge on any atom is -0.355 e. The van der Waals surface area contributed by atoms with Crippen molar-refractivity contribution in [2.75, 3.05) is 29.9 Å². The predicted molar refractivity (Wildman–Crippen MR) is 95.2 cm³/mol. The van der Waals surface area contributed by atoms with Crippen LogP contribution < -0.4 is 20.9 Å². The Morgan fingerprint density at radius 1 is 1.33 bits per heavy atom. The largest absolute Gasteiger partial charge is 0.355 e. The highest BCUT2D eigenvalue weighted by Gasteiger charge is 2.17. The summed E-state index contributed by atoms with van der Waals surface area (Å²) >= 11 is 0. The van der Waals surface area contributed by atoms with E-state index >= 15 is 0 Å². The number of carbonyl (C=O) groups excluding carboxylic acids is 2. The normalized spacial score (nSPS) is 15.0. The summed E-state index contributed by atoms with van der Waals surface area (Å²) in [5.74, 6) is 0.753. The molecule has 0 saturated carbocycles. The zero-order valence-corrected chi connectivity index (χ0v) is 14.5. The highest BCUT2D eigenvalue weighted by atomic mass is 16.2. The molecule has 24 heavy (non-hydrogen) atoms. The van der Waals surface area contributed by atoms with Gasteiger partial charge < -0.3 is 20.9 Å². The van der Waals surface area contributed by atoms with Crippen molar-refractivity contribution in [2.24, 2.45) is 0 Å². The van der Waals surface area contributed by atoms with Crippen LogP contribution in [0.25, 0.3) is 0 Å². The van der Waals surface area contributed by atoms with E-state index < -0.39 is 0 Å². The Balaban J connectivity index is 1.79. The van der Waals surface area contributed by atoms with E-state index in [4.69, 9.17) is 0 Å². The molecule has 0 radical (unpaired) electrons. The molecule has 1 aromatic rings. The van der Waals surface area contributed by atoms with Crippen molar-refractivity contribution >= 4 is 23.4 Å². The summed E-state index contributed by atoms with van der Waals surface area (Å²) < 4.78 is 0. The molecular weight excluding hydrogens is 306 g/mol. The number of nitrogens with zero attached hydrogens (tertiary/aromatic N) is 2. The molecule has 1 aromatic heterocycles. The lowest BCUT2D eigenvalue weighted by Gasteiger charge is -2.20. The number of hydrogen-bond donors (Lipinski definition) is 3. The second kappa shape index (κ2) is 9.10. The Hall–Kier alpha value is -2.31. The molecule has 0 bridgehead atoms. The van der Waals surface area contributed by atoms with Gasteiger partial charge in [0.15, 0.2) is 5.82 Å². The van der Waals surface area contributed by atoms with Crippen LogP contribution in [0.5, 0.6) is 0 Å². The van der Waals surface area contributed by atoms with Crippen LogP contribution in [0.4, 0.5) is 16.3 Å². The molecule has 1 aliphatic rings. The van der Waals surface area contributed by atoms with Crippen LogP contribution in [0.2, 0.25) is 0 Å². The van der Waals surface area contributed by atoms with E-state index in [9.17, 15) is 9.59 Å².